The van der Waals surface area contributed by atoms with Gasteiger partial charge in [-0.3, -0.25) is 4.68 Å². The van der Waals surface area contributed by atoms with Gasteiger partial charge in [0.25, 0.3) is 0 Å². The maximum absolute atomic E-state index is 12.6. The van der Waals surface area contributed by atoms with Gasteiger partial charge in [0.1, 0.15) is 0 Å². The lowest BCUT2D eigenvalue weighted by Gasteiger charge is -2.22. The maximum atomic E-state index is 12.6. The second-order valence-electron chi connectivity index (χ2n) is 6.30. The van der Waals surface area contributed by atoms with Gasteiger partial charge in [-0.25, -0.2) is 4.79 Å². The summed E-state index contributed by atoms with van der Waals surface area (Å²) in [6.07, 6.45) is 0.803. The van der Waals surface area contributed by atoms with E-state index < -0.39 is 0 Å². The molecule has 6 nitrogen and oxygen atoms in total. The quantitative estimate of drug-likeness (QED) is 0.839. The first kappa shape index (κ1) is 18.8. The number of amides is 2. The molecule has 0 saturated carbocycles. The van der Waals surface area contributed by atoms with Gasteiger partial charge in [0.05, 0.1) is 23.1 Å². The van der Waals surface area contributed by atoms with Crippen LogP contribution in [0.2, 0.25) is 0 Å². The molecule has 0 spiro atoms. The predicted molar refractivity (Wildman–Crippen MR) is 103 cm³/mol. The lowest BCUT2D eigenvalue weighted by molar-refractivity contribution is 0.248. The number of hydrogen-bond donors (Lipinski definition) is 2. The minimum atomic E-state index is -0.202. The molecule has 6 heteroatoms. The third kappa shape index (κ3) is 4.13. The van der Waals surface area contributed by atoms with Crippen LogP contribution in [0.3, 0.4) is 0 Å². The van der Waals surface area contributed by atoms with E-state index in [2.05, 4.69) is 34.5 Å². The maximum Gasteiger partial charge on any atom is 0.319 e. The van der Waals surface area contributed by atoms with Crippen LogP contribution < -0.4 is 15.5 Å². The van der Waals surface area contributed by atoms with E-state index in [0.29, 0.717) is 0 Å². The van der Waals surface area contributed by atoms with Crippen LogP contribution >= 0.6 is 0 Å². The molecule has 25 heavy (non-hydrogen) atoms. The number of anilines is 2. The van der Waals surface area contributed by atoms with E-state index >= 15 is 0 Å². The number of aryl methyl sites for hydroxylation is 2. The Kier molecular flexibility index (Phi) is 6.07. The topological polar surface area (TPSA) is 62.2 Å². The van der Waals surface area contributed by atoms with Gasteiger partial charge in [-0.1, -0.05) is 19.1 Å². The van der Waals surface area contributed by atoms with Gasteiger partial charge in [-0.2, -0.15) is 5.10 Å². The minimum Gasteiger partial charge on any atom is -0.373 e. The predicted octanol–water partition coefficient (Wildman–Crippen LogP) is 3.77. The van der Waals surface area contributed by atoms with Crippen molar-refractivity contribution in [3.63, 3.8) is 0 Å². The van der Waals surface area contributed by atoms with Crippen LogP contribution in [0.1, 0.15) is 43.3 Å². The van der Waals surface area contributed by atoms with E-state index in [0.717, 1.165) is 41.3 Å². The van der Waals surface area contributed by atoms with Crippen LogP contribution in [0.15, 0.2) is 24.3 Å². The van der Waals surface area contributed by atoms with E-state index in [9.17, 15) is 4.79 Å². The Labute approximate surface area is 150 Å². The first-order valence-corrected chi connectivity index (χ1v) is 8.76. The molecule has 0 fully saturated rings. The van der Waals surface area contributed by atoms with Crippen molar-refractivity contribution >= 4 is 17.4 Å². The highest BCUT2D eigenvalue weighted by Gasteiger charge is 2.21. The number of aromatic nitrogens is 2. The fourth-order valence-corrected chi connectivity index (χ4v) is 3.07. The van der Waals surface area contributed by atoms with Crippen LogP contribution in [0.5, 0.6) is 0 Å². The molecule has 2 N–H and O–H groups in total. The van der Waals surface area contributed by atoms with Gasteiger partial charge in [0, 0.05) is 31.9 Å². The summed E-state index contributed by atoms with van der Waals surface area (Å²) in [5, 5.41) is 10.5. The lowest BCUT2D eigenvalue weighted by Crippen LogP contribution is -2.33. The van der Waals surface area contributed by atoms with E-state index in [1.807, 2.05) is 56.9 Å². The summed E-state index contributed by atoms with van der Waals surface area (Å²) in [5.74, 6) is 0. The third-order valence-corrected chi connectivity index (χ3v) is 4.66. The first-order chi connectivity index (χ1) is 11.9. The van der Waals surface area contributed by atoms with E-state index in [1.165, 1.54) is 0 Å². The number of nitrogens with zero attached hydrogens (tertiary/aromatic N) is 3. The molecule has 2 rings (SSSR count). The minimum absolute atomic E-state index is 0.0650. The second kappa shape index (κ2) is 8.05. The fourth-order valence-electron chi connectivity index (χ4n) is 3.07. The van der Waals surface area contributed by atoms with Crippen LogP contribution in [-0.2, 0) is 7.05 Å². The lowest BCUT2D eigenvalue weighted by atomic mass is 10.0. The molecule has 1 atom stereocenters. The van der Waals surface area contributed by atoms with Gasteiger partial charge in [-0.05, 0) is 39.3 Å². The molecular weight excluding hydrogens is 314 g/mol. The van der Waals surface area contributed by atoms with Crippen molar-refractivity contribution in [2.24, 2.45) is 7.05 Å². The molecule has 0 radical (unpaired) electrons. The van der Waals surface area contributed by atoms with Gasteiger partial charge in [0.2, 0.25) is 0 Å². The van der Waals surface area contributed by atoms with Gasteiger partial charge >= 0.3 is 6.03 Å². The largest absolute Gasteiger partial charge is 0.373 e. The summed E-state index contributed by atoms with van der Waals surface area (Å²) in [6, 6.07) is 7.56. The van der Waals surface area contributed by atoms with Crippen LogP contribution in [0.25, 0.3) is 0 Å². The first-order valence-electron chi connectivity index (χ1n) is 8.76. The number of hydrogen-bond acceptors (Lipinski definition) is 3. The smallest absolute Gasteiger partial charge is 0.319 e. The Bertz CT molecular complexity index is 737. The fraction of sp³-hybridized carbons (Fsp3) is 0.474. The molecule has 1 aromatic carbocycles. The Morgan fingerprint density at radius 2 is 1.96 bits per heavy atom. The molecular formula is C19H29N5O. The molecule has 0 bridgehead atoms. The van der Waals surface area contributed by atoms with E-state index in [4.69, 9.17) is 0 Å². The van der Waals surface area contributed by atoms with Crippen molar-refractivity contribution in [3.8, 4) is 0 Å². The van der Waals surface area contributed by atoms with E-state index in [-0.39, 0.29) is 12.1 Å². The average Bonchev–Trinajstić information content (AvgIpc) is 2.85. The average molecular weight is 343 g/mol. The third-order valence-electron chi connectivity index (χ3n) is 4.66. The Morgan fingerprint density at radius 3 is 2.52 bits per heavy atom. The number of para-hydroxylation sites is 2. The Morgan fingerprint density at radius 1 is 1.28 bits per heavy atom. The summed E-state index contributed by atoms with van der Waals surface area (Å²) in [4.78, 5) is 14.7. The summed E-state index contributed by atoms with van der Waals surface area (Å²) < 4.78 is 1.86. The molecule has 2 amide bonds. The van der Waals surface area contributed by atoms with Gasteiger partial charge < -0.3 is 15.5 Å². The summed E-state index contributed by atoms with van der Waals surface area (Å²) >= 11 is 0. The van der Waals surface area contributed by atoms with E-state index in [1.54, 1.807) is 0 Å². The highest BCUT2D eigenvalue weighted by Crippen LogP contribution is 2.26. The zero-order chi connectivity index (χ0) is 18.6. The van der Waals surface area contributed by atoms with Crippen molar-refractivity contribution in [2.45, 2.75) is 40.2 Å². The molecule has 0 aliphatic carbocycles. The van der Waals surface area contributed by atoms with Crippen molar-refractivity contribution in [3.05, 3.63) is 41.2 Å². The van der Waals surface area contributed by atoms with Crippen molar-refractivity contribution < 1.29 is 4.79 Å². The standard InChI is InChI=1S/C19H29N5O/c1-7-15(18-13(3)22-24(6)14(18)4)20-19(25)21-16-11-9-10-12-17(16)23(5)8-2/h9-12,15H,7-8H2,1-6H3,(H2,20,21,25)/t15-/m1/s1. The van der Waals surface area contributed by atoms with Crippen LogP contribution in [-0.4, -0.2) is 29.4 Å². The molecule has 1 aromatic heterocycles. The molecule has 0 saturated heterocycles. The second-order valence-corrected chi connectivity index (χ2v) is 6.30. The molecule has 0 aliphatic rings. The Balaban J connectivity index is 2.16. The van der Waals surface area contributed by atoms with Crippen molar-refractivity contribution in [1.82, 2.24) is 15.1 Å². The number of carbonyl (C=O) groups is 1. The molecule has 1 heterocycles. The monoisotopic (exact) mass is 343 g/mol. The summed E-state index contributed by atoms with van der Waals surface area (Å²) in [7, 11) is 3.94. The Hall–Kier alpha value is -2.50. The highest BCUT2D eigenvalue weighted by atomic mass is 16.2. The number of rotatable bonds is 6. The number of nitrogens with one attached hydrogen (secondary N) is 2. The molecule has 136 valence electrons. The van der Waals surface area contributed by atoms with Gasteiger partial charge in [-0.15, -0.1) is 0 Å². The van der Waals surface area contributed by atoms with Crippen LogP contribution in [0, 0.1) is 13.8 Å². The molecule has 0 aliphatic heterocycles. The molecule has 2 aromatic rings. The highest BCUT2D eigenvalue weighted by molar-refractivity contribution is 5.93. The zero-order valence-electron chi connectivity index (χ0n) is 16.1. The zero-order valence-corrected chi connectivity index (χ0v) is 16.1. The normalized spacial score (nSPS) is 11.9. The van der Waals surface area contributed by atoms with Crippen LogP contribution in [0.4, 0.5) is 16.2 Å². The summed E-state index contributed by atoms with van der Waals surface area (Å²) in [6.45, 7) is 9.03. The SMILES string of the molecule is CC[C@@H](NC(=O)Nc1ccccc1N(C)CC)c1c(C)nn(C)c1C. The number of benzene rings is 1. The van der Waals surface area contributed by atoms with Crippen molar-refractivity contribution in [2.75, 3.05) is 23.8 Å². The van der Waals surface area contributed by atoms with Crippen molar-refractivity contribution in [1.29, 1.82) is 0 Å². The van der Waals surface area contributed by atoms with Gasteiger partial charge in [0.15, 0.2) is 0 Å². The number of carbonyl (C=O) groups excluding carboxylic acids is 1. The summed E-state index contributed by atoms with van der Waals surface area (Å²) in [5.41, 5.74) is 4.94. The number of urea groups is 1. The molecule has 0 unspecified atom stereocenters.